The molecule has 0 N–H and O–H groups in total. The van der Waals surface area contributed by atoms with Crippen LogP contribution in [0, 0.1) is 5.92 Å². The van der Waals surface area contributed by atoms with E-state index in [1.54, 1.807) is 23.1 Å². The van der Waals surface area contributed by atoms with Crippen molar-refractivity contribution in [2.45, 2.75) is 26.4 Å². The third kappa shape index (κ3) is 3.87. The molecule has 6 heteroatoms. The van der Waals surface area contributed by atoms with Crippen molar-refractivity contribution in [1.29, 1.82) is 0 Å². The molecule has 0 saturated carbocycles. The number of aryl methyl sites for hydroxylation is 1. The fourth-order valence-corrected chi connectivity index (χ4v) is 3.61. The second-order valence-corrected chi connectivity index (χ2v) is 7.01. The van der Waals surface area contributed by atoms with E-state index in [4.69, 9.17) is 27.9 Å². The number of benzene rings is 2. The van der Waals surface area contributed by atoms with Crippen molar-refractivity contribution in [2.75, 3.05) is 11.4 Å². The molecule has 1 aliphatic heterocycles. The Bertz CT molecular complexity index is 817. The lowest BCUT2D eigenvalue weighted by Crippen LogP contribution is -2.27. The highest BCUT2D eigenvalue weighted by Gasteiger charge is 2.36. The molecule has 0 spiro atoms. The van der Waals surface area contributed by atoms with Gasteiger partial charge in [-0.1, -0.05) is 54.4 Å². The number of amides is 1. The van der Waals surface area contributed by atoms with Crippen molar-refractivity contribution in [3.63, 3.8) is 0 Å². The molecule has 0 aliphatic carbocycles. The quantitative estimate of drug-likeness (QED) is 0.696. The second-order valence-electron chi connectivity index (χ2n) is 6.20. The predicted molar refractivity (Wildman–Crippen MR) is 103 cm³/mol. The van der Waals surface area contributed by atoms with Crippen LogP contribution in [0.2, 0.25) is 10.0 Å². The van der Waals surface area contributed by atoms with E-state index in [0.717, 1.165) is 17.7 Å². The minimum Gasteiger partial charge on any atom is -0.460 e. The summed E-state index contributed by atoms with van der Waals surface area (Å²) in [5.41, 5.74) is 2.52. The van der Waals surface area contributed by atoms with Crippen LogP contribution in [-0.2, 0) is 27.4 Å². The molecule has 4 nitrogen and oxygen atoms in total. The lowest BCUT2D eigenvalue weighted by atomic mass is 10.1. The van der Waals surface area contributed by atoms with Gasteiger partial charge in [0.05, 0.1) is 5.92 Å². The van der Waals surface area contributed by atoms with Gasteiger partial charge in [-0.05, 0) is 30.2 Å². The molecule has 1 saturated heterocycles. The zero-order chi connectivity index (χ0) is 18.7. The molecule has 1 aliphatic rings. The molecule has 26 heavy (non-hydrogen) atoms. The zero-order valence-corrected chi connectivity index (χ0v) is 15.9. The molecule has 1 fully saturated rings. The molecule has 0 bridgehead atoms. The van der Waals surface area contributed by atoms with Crippen LogP contribution in [0.4, 0.5) is 5.69 Å². The summed E-state index contributed by atoms with van der Waals surface area (Å²) in [6.45, 7) is 2.36. The van der Waals surface area contributed by atoms with E-state index in [9.17, 15) is 9.59 Å². The first-order valence-electron chi connectivity index (χ1n) is 8.49. The van der Waals surface area contributed by atoms with Gasteiger partial charge in [-0.25, -0.2) is 0 Å². The summed E-state index contributed by atoms with van der Waals surface area (Å²) in [7, 11) is 0. The second kappa shape index (κ2) is 8.11. The Balaban J connectivity index is 1.67. The van der Waals surface area contributed by atoms with Gasteiger partial charge in [-0.2, -0.15) is 0 Å². The fourth-order valence-electron chi connectivity index (χ4n) is 3.10. The molecule has 136 valence electrons. The van der Waals surface area contributed by atoms with E-state index < -0.39 is 11.9 Å². The molecule has 3 rings (SSSR count). The van der Waals surface area contributed by atoms with E-state index in [0.29, 0.717) is 22.2 Å². The Morgan fingerprint density at radius 2 is 1.85 bits per heavy atom. The van der Waals surface area contributed by atoms with Crippen molar-refractivity contribution < 1.29 is 14.3 Å². The van der Waals surface area contributed by atoms with E-state index in [2.05, 4.69) is 0 Å². The number of carbonyl (C=O) groups is 2. The van der Waals surface area contributed by atoms with Gasteiger partial charge in [0.1, 0.15) is 6.61 Å². The molecule has 1 amide bonds. The van der Waals surface area contributed by atoms with Crippen molar-refractivity contribution >= 4 is 40.8 Å². The van der Waals surface area contributed by atoms with Gasteiger partial charge in [0.25, 0.3) is 0 Å². The Hall–Kier alpha value is -2.04. The maximum Gasteiger partial charge on any atom is 0.311 e. The Morgan fingerprint density at radius 1 is 1.15 bits per heavy atom. The average molecular weight is 392 g/mol. The van der Waals surface area contributed by atoms with E-state index >= 15 is 0 Å². The predicted octanol–water partition coefficient (Wildman–Crippen LogP) is 4.65. The lowest BCUT2D eigenvalue weighted by Gasteiger charge is -2.19. The van der Waals surface area contributed by atoms with E-state index in [-0.39, 0.29) is 18.9 Å². The number of carbonyl (C=O) groups excluding carboxylic acids is 2. The third-order valence-corrected chi connectivity index (χ3v) is 5.25. The summed E-state index contributed by atoms with van der Waals surface area (Å²) < 4.78 is 5.38. The third-order valence-electron chi connectivity index (χ3n) is 4.54. The number of halogens is 2. The molecule has 0 radical (unpaired) electrons. The SMILES string of the molecule is CCc1ccccc1N1C[C@H](C(=O)OCc2c(Cl)cccc2Cl)CC1=O. The van der Waals surface area contributed by atoms with E-state index in [1.165, 1.54) is 0 Å². The first-order chi connectivity index (χ1) is 12.5. The van der Waals surface area contributed by atoms with Crippen LogP contribution < -0.4 is 4.90 Å². The van der Waals surface area contributed by atoms with Gasteiger partial charge in [0.15, 0.2) is 0 Å². The van der Waals surface area contributed by atoms with Gasteiger partial charge in [-0.15, -0.1) is 0 Å². The largest absolute Gasteiger partial charge is 0.460 e. The zero-order valence-electron chi connectivity index (χ0n) is 14.4. The number of ether oxygens (including phenoxy) is 1. The monoisotopic (exact) mass is 391 g/mol. The summed E-state index contributed by atoms with van der Waals surface area (Å²) in [5, 5.41) is 0.901. The maximum atomic E-state index is 12.4. The van der Waals surface area contributed by atoms with Gasteiger partial charge in [0, 0.05) is 34.3 Å². The van der Waals surface area contributed by atoms with Gasteiger partial charge in [0.2, 0.25) is 5.91 Å². The van der Waals surface area contributed by atoms with Crippen LogP contribution in [0.25, 0.3) is 0 Å². The van der Waals surface area contributed by atoms with Gasteiger partial charge >= 0.3 is 5.97 Å². The van der Waals surface area contributed by atoms with Crippen molar-refractivity contribution in [2.24, 2.45) is 5.92 Å². The number of hydrogen-bond acceptors (Lipinski definition) is 3. The smallest absolute Gasteiger partial charge is 0.311 e. The van der Waals surface area contributed by atoms with Crippen LogP contribution in [0.5, 0.6) is 0 Å². The summed E-state index contributed by atoms with van der Waals surface area (Å²) in [6, 6.07) is 12.9. The highest BCUT2D eigenvalue weighted by atomic mass is 35.5. The normalized spacial score (nSPS) is 16.8. The molecule has 1 heterocycles. The Labute approximate surface area is 162 Å². The minimum absolute atomic E-state index is 0.00637. The maximum absolute atomic E-state index is 12.4. The summed E-state index contributed by atoms with van der Waals surface area (Å²) in [6.07, 6.45) is 0.965. The van der Waals surface area contributed by atoms with Crippen LogP contribution in [0.1, 0.15) is 24.5 Å². The number of rotatable bonds is 5. The molecule has 1 atom stereocenters. The topological polar surface area (TPSA) is 46.6 Å². The first-order valence-corrected chi connectivity index (χ1v) is 9.24. The first kappa shape index (κ1) is 18.7. The fraction of sp³-hybridized carbons (Fsp3) is 0.300. The van der Waals surface area contributed by atoms with Crippen LogP contribution in [-0.4, -0.2) is 18.4 Å². The number of nitrogens with zero attached hydrogens (tertiary/aromatic N) is 1. The summed E-state index contributed by atoms with van der Waals surface area (Å²) in [5.74, 6) is -0.969. The van der Waals surface area contributed by atoms with Crippen LogP contribution >= 0.6 is 23.2 Å². The Morgan fingerprint density at radius 3 is 2.54 bits per heavy atom. The minimum atomic E-state index is -0.492. The number of para-hydroxylation sites is 1. The summed E-state index contributed by atoms with van der Waals surface area (Å²) in [4.78, 5) is 26.5. The lowest BCUT2D eigenvalue weighted by molar-refractivity contribution is -0.149. The van der Waals surface area contributed by atoms with Crippen molar-refractivity contribution in [3.8, 4) is 0 Å². The number of esters is 1. The van der Waals surface area contributed by atoms with Crippen molar-refractivity contribution in [3.05, 3.63) is 63.6 Å². The van der Waals surface area contributed by atoms with Gasteiger partial charge in [-0.3, -0.25) is 9.59 Å². The molecule has 2 aromatic carbocycles. The number of anilines is 1. The molecule has 2 aromatic rings. The number of hydrogen-bond donors (Lipinski definition) is 0. The summed E-state index contributed by atoms with van der Waals surface area (Å²) >= 11 is 12.2. The molecule has 0 aromatic heterocycles. The van der Waals surface area contributed by atoms with Crippen molar-refractivity contribution in [1.82, 2.24) is 0 Å². The standard InChI is InChI=1S/C20H19Cl2NO3/c1-2-13-6-3-4-9-18(13)23-11-14(10-19(23)24)20(25)26-12-15-16(21)7-5-8-17(15)22/h3-9,14H,2,10-12H2,1H3/t14-/m1/s1. The Kier molecular flexibility index (Phi) is 5.84. The molecular formula is C20H19Cl2NO3. The van der Waals surface area contributed by atoms with Crippen LogP contribution in [0.3, 0.4) is 0 Å². The average Bonchev–Trinajstić information content (AvgIpc) is 3.02. The highest BCUT2D eigenvalue weighted by Crippen LogP contribution is 2.30. The molecule has 0 unspecified atom stereocenters. The highest BCUT2D eigenvalue weighted by molar-refractivity contribution is 6.35. The molecular weight excluding hydrogens is 373 g/mol. The van der Waals surface area contributed by atoms with Crippen LogP contribution in [0.15, 0.2) is 42.5 Å². The van der Waals surface area contributed by atoms with Gasteiger partial charge < -0.3 is 9.64 Å². The van der Waals surface area contributed by atoms with E-state index in [1.807, 2.05) is 31.2 Å².